The first kappa shape index (κ1) is 26.2. The fourth-order valence-electron chi connectivity index (χ4n) is 2.06. The first-order chi connectivity index (χ1) is 12.3. The lowest BCUT2D eigenvalue weighted by atomic mass is 9.95. The number of thiol groups is 1. The summed E-state index contributed by atoms with van der Waals surface area (Å²) < 4.78 is 0. The fraction of sp³-hybridized carbons (Fsp3) is 0.789. The van der Waals surface area contributed by atoms with E-state index in [9.17, 15) is 19.2 Å². The van der Waals surface area contributed by atoms with Crippen LogP contribution in [0.4, 0.5) is 0 Å². The molecule has 0 unspecified atom stereocenters. The molecule has 0 fully saturated rings. The molecule has 0 aliphatic carbocycles. The number of hydrogen-bond donors (Lipinski definition) is 5. The van der Waals surface area contributed by atoms with Gasteiger partial charge in [0.1, 0.15) is 16.6 Å². The lowest BCUT2D eigenvalue weighted by molar-refractivity contribution is -0.139. The molecule has 0 rings (SSSR count). The van der Waals surface area contributed by atoms with E-state index in [0.29, 0.717) is 5.75 Å². The van der Waals surface area contributed by atoms with Gasteiger partial charge in [0.2, 0.25) is 23.6 Å². The molecule has 0 spiro atoms. The summed E-state index contributed by atoms with van der Waals surface area (Å²) in [4.78, 5) is 49.6. The van der Waals surface area contributed by atoms with E-state index >= 15 is 0 Å². The Balaban J connectivity index is 5.14. The van der Waals surface area contributed by atoms with Crippen molar-refractivity contribution in [3.05, 3.63) is 0 Å². The highest BCUT2D eigenvalue weighted by molar-refractivity contribution is 7.80. The lowest BCUT2D eigenvalue weighted by Crippen LogP contribution is -2.66. The van der Waals surface area contributed by atoms with Crippen molar-refractivity contribution in [1.82, 2.24) is 21.3 Å². The Morgan fingerprint density at radius 3 is 1.25 bits per heavy atom. The molecule has 4 amide bonds. The summed E-state index contributed by atoms with van der Waals surface area (Å²) in [5.41, 5.74) is -4.14. The average molecular weight is 417 g/mol. The third-order valence-corrected chi connectivity index (χ3v) is 4.06. The van der Waals surface area contributed by atoms with Gasteiger partial charge in [0.15, 0.2) is 0 Å². The number of nitrogens with one attached hydrogen (secondary N) is 4. The van der Waals surface area contributed by atoms with Crippen molar-refractivity contribution in [2.75, 3.05) is 5.75 Å². The molecular formula is C19H36N4O4S. The maximum atomic E-state index is 12.7. The largest absolute Gasteiger partial charge is 0.349 e. The van der Waals surface area contributed by atoms with Gasteiger partial charge in [-0.05, 0) is 68.1 Å². The van der Waals surface area contributed by atoms with Gasteiger partial charge >= 0.3 is 0 Å². The van der Waals surface area contributed by atoms with Gasteiger partial charge in [-0.25, -0.2) is 0 Å². The summed E-state index contributed by atoms with van der Waals surface area (Å²) in [5.74, 6) is -1.32. The molecule has 0 heterocycles. The first-order valence-electron chi connectivity index (χ1n) is 9.24. The highest BCUT2D eigenvalue weighted by atomic mass is 32.1. The van der Waals surface area contributed by atoms with E-state index in [0.717, 1.165) is 0 Å². The van der Waals surface area contributed by atoms with Crippen LogP contribution in [0.1, 0.15) is 68.7 Å². The van der Waals surface area contributed by atoms with Crippen LogP contribution in [0, 0.1) is 0 Å². The van der Waals surface area contributed by atoms with E-state index < -0.39 is 34.0 Å². The van der Waals surface area contributed by atoms with Crippen LogP contribution >= 0.6 is 12.6 Å². The molecule has 8 nitrogen and oxygen atoms in total. The lowest BCUT2D eigenvalue weighted by Gasteiger charge is -2.35. The maximum Gasteiger partial charge on any atom is 0.246 e. The van der Waals surface area contributed by atoms with E-state index in [-0.39, 0.29) is 18.2 Å². The highest BCUT2D eigenvalue weighted by Gasteiger charge is 2.40. The second-order valence-corrected chi connectivity index (χ2v) is 9.96. The zero-order valence-corrected chi connectivity index (χ0v) is 19.4. The van der Waals surface area contributed by atoms with E-state index in [1.807, 2.05) is 20.8 Å². The van der Waals surface area contributed by atoms with Crippen molar-refractivity contribution < 1.29 is 19.2 Å². The van der Waals surface area contributed by atoms with Gasteiger partial charge in [0.25, 0.3) is 0 Å². The Kier molecular flexibility index (Phi) is 8.57. The van der Waals surface area contributed by atoms with Gasteiger partial charge < -0.3 is 21.3 Å². The van der Waals surface area contributed by atoms with Crippen LogP contribution in [0.25, 0.3) is 0 Å². The number of carbonyl (C=O) groups excluding carboxylic acids is 4. The van der Waals surface area contributed by atoms with E-state index in [2.05, 4.69) is 33.9 Å². The van der Waals surface area contributed by atoms with E-state index in [1.165, 1.54) is 13.8 Å². The molecule has 0 saturated heterocycles. The second kappa shape index (κ2) is 9.15. The van der Waals surface area contributed by atoms with Crippen LogP contribution in [-0.4, -0.2) is 51.5 Å². The summed E-state index contributed by atoms with van der Waals surface area (Å²) in [7, 11) is 0. The Labute approximate surface area is 173 Å². The Morgan fingerprint density at radius 1 is 0.607 bits per heavy atom. The maximum absolute atomic E-state index is 12.7. The van der Waals surface area contributed by atoms with Crippen LogP contribution < -0.4 is 21.3 Å². The molecule has 162 valence electrons. The summed E-state index contributed by atoms with van der Waals surface area (Å²) in [6, 6.07) is 0. The minimum atomic E-state index is -1.30. The van der Waals surface area contributed by atoms with Crippen LogP contribution in [0.2, 0.25) is 0 Å². The SMILES string of the molecule is CC(C)(C)NC(=O)C(C)(C)NC(=O)C(C)(C)NC(=O)C(C)(C)NC(=O)CCS. The molecule has 0 aromatic heterocycles. The summed E-state index contributed by atoms with van der Waals surface area (Å²) in [6.07, 6.45) is 0.181. The van der Waals surface area contributed by atoms with Gasteiger partial charge in [-0.2, -0.15) is 12.6 Å². The predicted octanol–water partition coefficient (Wildman–Crippen LogP) is 0.905. The molecular weight excluding hydrogens is 380 g/mol. The molecule has 0 saturated carbocycles. The van der Waals surface area contributed by atoms with Crippen LogP contribution in [0.5, 0.6) is 0 Å². The molecule has 0 aliphatic rings. The number of amides is 4. The Bertz CT molecular complexity index is 622. The fourth-order valence-corrected chi connectivity index (χ4v) is 2.26. The van der Waals surface area contributed by atoms with Gasteiger partial charge in [-0.15, -0.1) is 0 Å². The minimum Gasteiger partial charge on any atom is -0.349 e. The van der Waals surface area contributed by atoms with Crippen molar-refractivity contribution in [3.8, 4) is 0 Å². The molecule has 4 N–H and O–H groups in total. The third-order valence-electron chi connectivity index (χ3n) is 3.83. The number of rotatable bonds is 8. The van der Waals surface area contributed by atoms with E-state index in [4.69, 9.17) is 0 Å². The zero-order valence-electron chi connectivity index (χ0n) is 18.5. The smallest absolute Gasteiger partial charge is 0.246 e. The average Bonchev–Trinajstić information content (AvgIpc) is 2.43. The van der Waals surface area contributed by atoms with Gasteiger partial charge in [-0.1, -0.05) is 0 Å². The van der Waals surface area contributed by atoms with Crippen LogP contribution in [0.15, 0.2) is 0 Å². The molecule has 0 aromatic rings. The van der Waals surface area contributed by atoms with Gasteiger partial charge in [0, 0.05) is 12.0 Å². The van der Waals surface area contributed by atoms with Crippen LogP contribution in [0.3, 0.4) is 0 Å². The normalized spacial score (nSPS) is 12.8. The number of hydrogen-bond acceptors (Lipinski definition) is 5. The van der Waals surface area contributed by atoms with Crippen molar-refractivity contribution in [3.63, 3.8) is 0 Å². The van der Waals surface area contributed by atoms with Gasteiger partial charge in [0.05, 0.1) is 0 Å². The zero-order chi connectivity index (χ0) is 22.6. The third kappa shape index (κ3) is 8.50. The highest BCUT2D eigenvalue weighted by Crippen LogP contribution is 2.13. The quantitative estimate of drug-likeness (QED) is 0.378. The molecule has 0 radical (unpaired) electrons. The minimum absolute atomic E-state index is 0.181. The molecule has 0 bridgehead atoms. The van der Waals surface area contributed by atoms with Crippen molar-refractivity contribution >= 4 is 36.3 Å². The van der Waals surface area contributed by atoms with Crippen molar-refractivity contribution in [1.29, 1.82) is 0 Å². The summed E-state index contributed by atoms with van der Waals surface area (Å²) in [5, 5.41) is 10.7. The molecule has 0 atom stereocenters. The monoisotopic (exact) mass is 416 g/mol. The molecule has 0 aliphatic heterocycles. The van der Waals surface area contributed by atoms with Crippen molar-refractivity contribution in [2.45, 2.75) is 90.9 Å². The van der Waals surface area contributed by atoms with Crippen molar-refractivity contribution in [2.24, 2.45) is 0 Å². The van der Waals surface area contributed by atoms with E-state index in [1.54, 1.807) is 27.7 Å². The summed E-state index contributed by atoms with van der Waals surface area (Å²) >= 11 is 3.99. The number of carbonyl (C=O) groups is 4. The molecule has 0 aromatic carbocycles. The second-order valence-electron chi connectivity index (χ2n) is 9.51. The predicted molar refractivity (Wildman–Crippen MR) is 113 cm³/mol. The first-order valence-corrected chi connectivity index (χ1v) is 9.87. The summed E-state index contributed by atoms with van der Waals surface area (Å²) in [6.45, 7) is 14.9. The topological polar surface area (TPSA) is 116 Å². The molecule has 9 heteroatoms. The van der Waals surface area contributed by atoms with Crippen LogP contribution in [-0.2, 0) is 19.2 Å². The standard InChI is InChI=1S/C19H36N4O4S/c1-16(2,3)21-13(25)18(6,7)23-15(27)19(8,9)22-14(26)17(4,5)20-12(24)10-11-28/h28H,10-11H2,1-9H3,(H,20,24)(H,21,25)(H,22,26)(H,23,27). The Morgan fingerprint density at radius 2 is 0.929 bits per heavy atom. The Hall–Kier alpha value is -1.77. The van der Waals surface area contributed by atoms with Gasteiger partial charge in [-0.3, -0.25) is 19.2 Å². The molecule has 28 heavy (non-hydrogen) atoms.